The normalized spacial score (nSPS) is 43.3. The summed E-state index contributed by atoms with van der Waals surface area (Å²) in [6.45, 7) is 9.71. The van der Waals surface area contributed by atoms with E-state index < -0.39 is 0 Å². The maximum Gasteiger partial charge on any atom is -0.00849 e. The van der Waals surface area contributed by atoms with Crippen LogP contribution >= 0.6 is 0 Å². The van der Waals surface area contributed by atoms with E-state index in [1.807, 2.05) is 0 Å². The van der Waals surface area contributed by atoms with Gasteiger partial charge in [-0.2, -0.15) is 0 Å². The van der Waals surface area contributed by atoms with Crippen LogP contribution in [0, 0.1) is 23.2 Å². The number of allylic oxidation sites excluding steroid dienone is 2. The summed E-state index contributed by atoms with van der Waals surface area (Å²) in [5, 5.41) is 0. The zero-order valence-corrected chi connectivity index (χ0v) is 12.3. The average Bonchev–Trinajstić information content (AvgIpc) is 2.99. The highest BCUT2D eigenvalue weighted by molar-refractivity contribution is 5.14. The van der Waals surface area contributed by atoms with Crippen LogP contribution in [0.2, 0.25) is 0 Å². The molecule has 0 radical (unpaired) electrons. The Morgan fingerprint density at radius 3 is 2.59 bits per heavy atom. The Hall–Kier alpha value is -0.260. The largest absolute Gasteiger partial charge is 0.0791 e. The number of hydrogen-bond donors (Lipinski definition) is 0. The van der Waals surface area contributed by atoms with Crippen molar-refractivity contribution < 1.29 is 0 Å². The second kappa shape index (κ2) is 5.16. The summed E-state index contributed by atoms with van der Waals surface area (Å²) in [5.41, 5.74) is 2.22. The lowest BCUT2D eigenvalue weighted by Gasteiger charge is -2.33. The number of hydrogen-bond acceptors (Lipinski definition) is 0. The summed E-state index contributed by atoms with van der Waals surface area (Å²) < 4.78 is 0. The molecule has 17 heavy (non-hydrogen) atoms. The lowest BCUT2D eigenvalue weighted by molar-refractivity contribution is 0.225. The van der Waals surface area contributed by atoms with Crippen LogP contribution in [0.1, 0.15) is 72.6 Å². The standard InChI is InChI=1S/C17H30/c1-5-17(16-10-15(16)4)11-13(2)8-6-7-9-14(3)12-17/h11,14-16H,5-10,12H2,1-4H3. The average molecular weight is 234 g/mol. The van der Waals surface area contributed by atoms with Crippen molar-refractivity contribution in [3.05, 3.63) is 11.6 Å². The summed E-state index contributed by atoms with van der Waals surface area (Å²) in [5.74, 6) is 2.89. The van der Waals surface area contributed by atoms with Crippen molar-refractivity contribution in [1.29, 1.82) is 0 Å². The Labute approximate surface area is 108 Å². The van der Waals surface area contributed by atoms with Crippen LogP contribution in [0.15, 0.2) is 11.6 Å². The van der Waals surface area contributed by atoms with E-state index in [0.29, 0.717) is 5.41 Å². The molecule has 0 aromatic heterocycles. The van der Waals surface area contributed by atoms with Crippen molar-refractivity contribution in [1.82, 2.24) is 0 Å². The Bertz CT molecular complexity index is 288. The van der Waals surface area contributed by atoms with Gasteiger partial charge in [0, 0.05) is 0 Å². The lowest BCUT2D eigenvalue weighted by Crippen LogP contribution is -2.24. The van der Waals surface area contributed by atoms with Crippen LogP contribution in [0.3, 0.4) is 0 Å². The van der Waals surface area contributed by atoms with E-state index in [2.05, 4.69) is 33.8 Å². The molecule has 0 nitrogen and oxygen atoms in total. The first-order valence-corrected chi connectivity index (χ1v) is 7.75. The van der Waals surface area contributed by atoms with E-state index >= 15 is 0 Å². The van der Waals surface area contributed by atoms with E-state index in [4.69, 9.17) is 0 Å². The predicted molar refractivity (Wildman–Crippen MR) is 76.0 cm³/mol. The number of rotatable bonds is 2. The molecule has 0 spiro atoms. The van der Waals surface area contributed by atoms with E-state index in [0.717, 1.165) is 17.8 Å². The molecule has 0 amide bonds. The van der Waals surface area contributed by atoms with Crippen molar-refractivity contribution in [2.45, 2.75) is 72.6 Å². The zero-order chi connectivity index (χ0) is 12.5. The van der Waals surface area contributed by atoms with Gasteiger partial charge in [0.25, 0.3) is 0 Å². The molecule has 0 heterocycles. The molecule has 0 aromatic rings. The van der Waals surface area contributed by atoms with Gasteiger partial charge >= 0.3 is 0 Å². The molecule has 2 aliphatic carbocycles. The molecule has 0 bridgehead atoms. The first-order valence-electron chi connectivity index (χ1n) is 7.75. The molecule has 0 aromatic carbocycles. The Morgan fingerprint density at radius 2 is 2.00 bits per heavy atom. The fourth-order valence-corrected chi connectivity index (χ4v) is 4.16. The molecule has 4 unspecified atom stereocenters. The molecule has 2 rings (SSSR count). The molecule has 1 saturated carbocycles. The molecule has 2 aliphatic rings. The monoisotopic (exact) mass is 234 g/mol. The fraction of sp³-hybridized carbons (Fsp3) is 0.882. The molecular formula is C17H30. The molecular weight excluding hydrogens is 204 g/mol. The van der Waals surface area contributed by atoms with E-state index in [1.54, 1.807) is 5.57 Å². The summed E-state index contributed by atoms with van der Waals surface area (Å²) in [6, 6.07) is 0. The molecule has 1 fully saturated rings. The zero-order valence-electron chi connectivity index (χ0n) is 12.3. The van der Waals surface area contributed by atoms with Gasteiger partial charge in [-0.05, 0) is 62.2 Å². The minimum Gasteiger partial charge on any atom is -0.0791 e. The maximum absolute atomic E-state index is 2.70. The summed E-state index contributed by atoms with van der Waals surface area (Å²) in [6.07, 6.45) is 12.6. The summed E-state index contributed by atoms with van der Waals surface area (Å²) in [4.78, 5) is 0. The van der Waals surface area contributed by atoms with Crippen molar-refractivity contribution in [3.8, 4) is 0 Å². The summed E-state index contributed by atoms with van der Waals surface area (Å²) in [7, 11) is 0. The molecule has 0 heteroatoms. The highest BCUT2D eigenvalue weighted by atomic mass is 14.5. The fourth-order valence-electron chi connectivity index (χ4n) is 4.16. The minimum absolute atomic E-state index is 0.549. The van der Waals surface area contributed by atoms with Crippen LogP contribution < -0.4 is 0 Å². The smallest absolute Gasteiger partial charge is 0.00849 e. The van der Waals surface area contributed by atoms with Gasteiger partial charge in [-0.25, -0.2) is 0 Å². The first-order chi connectivity index (χ1) is 8.07. The quantitative estimate of drug-likeness (QED) is 0.547. The molecule has 0 N–H and O–H groups in total. The first kappa shape index (κ1) is 13.2. The predicted octanol–water partition coefficient (Wildman–Crippen LogP) is 5.59. The van der Waals surface area contributed by atoms with Crippen LogP contribution in [0.25, 0.3) is 0 Å². The van der Waals surface area contributed by atoms with Gasteiger partial charge in [-0.15, -0.1) is 0 Å². The highest BCUT2D eigenvalue weighted by Gasteiger charge is 2.48. The van der Waals surface area contributed by atoms with Gasteiger partial charge < -0.3 is 0 Å². The minimum atomic E-state index is 0.549. The highest BCUT2D eigenvalue weighted by Crippen LogP contribution is 2.57. The maximum atomic E-state index is 2.70. The third kappa shape index (κ3) is 2.95. The Morgan fingerprint density at radius 1 is 1.29 bits per heavy atom. The van der Waals surface area contributed by atoms with Gasteiger partial charge in [0.15, 0.2) is 0 Å². The molecule has 98 valence electrons. The van der Waals surface area contributed by atoms with Crippen molar-refractivity contribution in [2.75, 3.05) is 0 Å². The Balaban J connectivity index is 2.23. The van der Waals surface area contributed by atoms with E-state index in [9.17, 15) is 0 Å². The summed E-state index contributed by atoms with van der Waals surface area (Å²) >= 11 is 0. The van der Waals surface area contributed by atoms with E-state index in [-0.39, 0.29) is 0 Å². The van der Waals surface area contributed by atoms with Crippen molar-refractivity contribution in [2.24, 2.45) is 23.2 Å². The van der Waals surface area contributed by atoms with Crippen LogP contribution in [0.4, 0.5) is 0 Å². The molecule has 0 saturated heterocycles. The molecule has 0 aliphatic heterocycles. The van der Waals surface area contributed by atoms with E-state index in [1.165, 1.54) is 44.9 Å². The van der Waals surface area contributed by atoms with Crippen LogP contribution in [0.5, 0.6) is 0 Å². The lowest BCUT2D eigenvalue weighted by atomic mass is 9.71. The second-order valence-corrected chi connectivity index (χ2v) is 6.95. The van der Waals surface area contributed by atoms with Gasteiger partial charge in [0.1, 0.15) is 0 Å². The van der Waals surface area contributed by atoms with Gasteiger partial charge in [0.05, 0.1) is 0 Å². The van der Waals surface area contributed by atoms with Crippen molar-refractivity contribution in [3.63, 3.8) is 0 Å². The SMILES string of the molecule is CCC1(C2CC2C)C=C(C)CCCCC(C)C1. The Kier molecular flexibility index (Phi) is 4.00. The molecule has 4 atom stereocenters. The third-order valence-corrected chi connectivity index (χ3v) is 5.29. The topological polar surface area (TPSA) is 0 Å². The third-order valence-electron chi connectivity index (χ3n) is 5.29. The van der Waals surface area contributed by atoms with Crippen molar-refractivity contribution >= 4 is 0 Å². The van der Waals surface area contributed by atoms with Gasteiger partial charge in [-0.1, -0.05) is 45.3 Å². The van der Waals surface area contributed by atoms with Gasteiger partial charge in [-0.3, -0.25) is 0 Å². The van der Waals surface area contributed by atoms with Crippen LogP contribution in [-0.4, -0.2) is 0 Å². The van der Waals surface area contributed by atoms with Gasteiger partial charge in [0.2, 0.25) is 0 Å². The second-order valence-electron chi connectivity index (χ2n) is 6.95. The van der Waals surface area contributed by atoms with Crippen LogP contribution in [-0.2, 0) is 0 Å².